The van der Waals surface area contributed by atoms with E-state index in [0.29, 0.717) is 0 Å². The molecule has 3 aromatic rings. The molecule has 3 aromatic carbocycles. The lowest BCUT2D eigenvalue weighted by Gasteiger charge is -2.29. The molecule has 0 N–H and O–H groups in total. The van der Waals surface area contributed by atoms with Crippen LogP contribution in [0.2, 0.25) is 0 Å². The van der Waals surface area contributed by atoms with Gasteiger partial charge >= 0.3 is 0 Å². The zero-order valence-electron chi connectivity index (χ0n) is 23.5. The van der Waals surface area contributed by atoms with Crippen LogP contribution in [0.5, 0.6) is 0 Å². The molecule has 0 saturated heterocycles. The van der Waals surface area contributed by atoms with E-state index in [1.54, 1.807) is 0 Å². The highest BCUT2D eigenvalue weighted by Gasteiger charge is 2.21. The van der Waals surface area contributed by atoms with Gasteiger partial charge in [0.2, 0.25) is 0 Å². The van der Waals surface area contributed by atoms with Crippen LogP contribution in [0.4, 0.5) is 0 Å². The highest BCUT2D eigenvalue weighted by Crippen LogP contribution is 2.37. The molecule has 0 atom stereocenters. The van der Waals surface area contributed by atoms with E-state index in [-0.39, 0.29) is 0 Å². The Morgan fingerprint density at radius 3 is 2.00 bits per heavy atom. The average Bonchev–Trinajstić information content (AvgIpc) is 2.94. The van der Waals surface area contributed by atoms with Gasteiger partial charge in [0.25, 0.3) is 0 Å². The van der Waals surface area contributed by atoms with Crippen molar-refractivity contribution >= 4 is 10.8 Å². The lowest BCUT2D eigenvalue weighted by molar-refractivity contribution is 0.302. The van der Waals surface area contributed by atoms with E-state index < -0.39 is 0 Å². The fourth-order valence-corrected chi connectivity index (χ4v) is 6.09. The predicted octanol–water partition coefficient (Wildman–Crippen LogP) is 11.0. The summed E-state index contributed by atoms with van der Waals surface area (Å²) >= 11 is 0. The predicted molar refractivity (Wildman–Crippen MR) is 162 cm³/mol. The molecule has 1 fully saturated rings. The molecule has 196 valence electrons. The van der Waals surface area contributed by atoms with Crippen molar-refractivity contribution in [1.29, 1.82) is 0 Å². The van der Waals surface area contributed by atoms with Crippen LogP contribution >= 0.6 is 0 Å². The number of benzene rings is 3. The van der Waals surface area contributed by atoms with Crippen LogP contribution in [0.15, 0.2) is 60.7 Å². The molecule has 0 amide bonds. The summed E-state index contributed by atoms with van der Waals surface area (Å²) in [7, 11) is 0. The van der Waals surface area contributed by atoms with E-state index in [1.165, 1.54) is 118 Å². The minimum atomic E-state index is 0.746. The Morgan fingerprint density at radius 1 is 0.595 bits per heavy atom. The van der Waals surface area contributed by atoms with E-state index >= 15 is 0 Å². The SMILES string of the molecule is CCCCCCCCC1CCC(c2ccc(C#Cc3ccc4cc(CCCCC)ccc4c3)cc2)CC1. The second-order valence-corrected chi connectivity index (χ2v) is 11.5. The van der Waals surface area contributed by atoms with Crippen LogP contribution in [-0.2, 0) is 6.42 Å². The standard InChI is InChI=1S/C37H48/c1-3-5-7-8-9-11-12-30-16-22-34(23-17-30)35-24-18-31(19-25-35)14-15-33-21-27-36-28-32(13-10-6-4-2)20-26-37(36)29-33/h18-21,24-30,34H,3-13,16-17,22-23H2,1-2H3. The summed E-state index contributed by atoms with van der Waals surface area (Å²) in [6, 6.07) is 22.7. The third-order valence-electron chi connectivity index (χ3n) is 8.52. The Balaban J connectivity index is 1.25. The minimum absolute atomic E-state index is 0.746. The van der Waals surface area contributed by atoms with Crippen LogP contribution in [0, 0.1) is 17.8 Å². The lowest BCUT2D eigenvalue weighted by Crippen LogP contribution is -2.13. The second kappa shape index (κ2) is 15.0. The van der Waals surface area contributed by atoms with Crippen LogP contribution in [0.25, 0.3) is 10.8 Å². The van der Waals surface area contributed by atoms with Gasteiger partial charge in [-0.1, -0.05) is 120 Å². The number of aryl methyl sites for hydroxylation is 1. The molecule has 0 bridgehead atoms. The molecule has 0 nitrogen and oxygen atoms in total. The van der Waals surface area contributed by atoms with E-state index in [1.807, 2.05) is 0 Å². The summed E-state index contributed by atoms with van der Waals surface area (Å²) in [6.45, 7) is 4.56. The van der Waals surface area contributed by atoms with Gasteiger partial charge in [-0.15, -0.1) is 0 Å². The van der Waals surface area contributed by atoms with Gasteiger partial charge in [-0.25, -0.2) is 0 Å². The van der Waals surface area contributed by atoms with Gasteiger partial charge in [-0.05, 0) is 96.5 Å². The van der Waals surface area contributed by atoms with E-state index in [4.69, 9.17) is 0 Å². The topological polar surface area (TPSA) is 0 Å². The summed E-state index contributed by atoms with van der Waals surface area (Å²) < 4.78 is 0. The molecule has 0 unspecified atom stereocenters. The molecule has 0 radical (unpaired) electrons. The number of hydrogen-bond acceptors (Lipinski definition) is 0. The quantitative estimate of drug-likeness (QED) is 0.174. The van der Waals surface area contributed by atoms with Gasteiger partial charge in [0.05, 0.1) is 0 Å². The van der Waals surface area contributed by atoms with Crippen molar-refractivity contribution in [2.45, 2.75) is 116 Å². The Morgan fingerprint density at radius 2 is 1.22 bits per heavy atom. The van der Waals surface area contributed by atoms with Gasteiger partial charge in [-0.3, -0.25) is 0 Å². The summed E-state index contributed by atoms with van der Waals surface area (Å²) in [5.74, 6) is 8.52. The third kappa shape index (κ3) is 8.78. The van der Waals surface area contributed by atoms with Crippen LogP contribution < -0.4 is 0 Å². The highest BCUT2D eigenvalue weighted by molar-refractivity contribution is 5.84. The number of rotatable bonds is 12. The minimum Gasteiger partial charge on any atom is -0.0654 e. The van der Waals surface area contributed by atoms with Crippen molar-refractivity contribution in [1.82, 2.24) is 0 Å². The Labute approximate surface area is 227 Å². The zero-order chi connectivity index (χ0) is 25.7. The smallest absolute Gasteiger partial charge is 0.0255 e. The van der Waals surface area contributed by atoms with Crippen molar-refractivity contribution < 1.29 is 0 Å². The first-order valence-electron chi connectivity index (χ1n) is 15.4. The van der Waals surface area contributed by atoms with Crippen molar-refractivity contribution in [2.24, 2.45) is 5.92 Å². The summed E-state index contributed by atoms with van der Waals surface area (Å²) in [5, 5.41) is 2.61. The number of fused-ring (bicyclic) bond motifs is 1. The highest BCUT2D eigenvalue weighted by atomic mass is 14.3. The maximum atomic E-state index is 3.40. The summed E-state index contributed by atoms with van der Waals surface area (Å²) in [5.41, 5.74) is 5.18. The second-order valence-electron chi connectivity index (χ2n) is 11.5. The maximum absolute atomic E-state index is 3.40. The van der Waals surface area contributed by atoms with E-state index in [9.17, 15) is 0 Å². The van der Waals surface area contributed by atoms with Crippen LogP contribution in [0.1, 0.15) is 132 Å². The molecule has 4 rings (SSSR count). The Kier molecular flexibility index (Phi) is 11.2. The Bertz CT molecular complexity index is 1130. The van der Waals surface area contributed by atoms with Gasteiger partial charge in [-0.2, -0.15) is 0 Å². The van der Waals surface area contributed by atoms with Crippen LogP contribution in [0.3, 0.4) is 0 Å². The first kappa shape index (κ1) is 27.5. The molecular formula is C37H48. The molecular weight excluding hydrogens is 444 g/mol. The first-order valence-corrected chi connectivity index (χ1v) is 15.4. The van der Waals surface area contributed by atoms with E-state index in [2.05, 4.69) is 86.4 Å². The fourth-order valence-electron chi connectivity index (χ4n) is 6.09. The van der Waals surface area contributed by atoms with Gasteiger partial charge < -0.3 is 0 Å². The number of hydrogen-bond donors (Lipinski definition) is 0. The molecule has 0 heterocycles. The largest absolute Gasteiger partial charge is 0.0654 e. The van der Waals surface area contributed by atoms with Crippen molar-refractivity contribution in [2.75, 3.05) is 0 Å². The molecule has 1 aliphatic carbocycles. The molecule has 37 heavy (non-hydrogen) atoms. The Hall–Kier alpha value is -2.52. The zero-order valence-corrected chi connectivity index (χ0v) is 23.5. The maximum Gasteiger partial charge on any atom is 0.0255 e. The molecule has 0 aromatic heterocycles. The lowest BCUT2D eigenvalue weighted by atomic mass is 9.77. The summed E-state index contributed by atoms with van der Waals surface area (Å²) in [4.78, 5) is 0. The first-order chi connectivity index (χ1) is 18.2. The van der Waals surface area contributed by atoms with Gasteiger partial charge in [0.1, 0.15) is 0 Å². The van der Waals surface area contributed by atoms with Crippen LogP contribution in [-0.4, -0.2) is 0 Å². The van der Waals surface area contributed by atoms with Crippen molar-refractivity contribution in [3.63, 3.8) is 0 Å². The molecule has 0 aliphatic heterocycles. The van der Waals surface area contributed by atoms with E-state index in [0.717, 1.165) is 23.0 Å². The molecule has 1 aliphatic rings. The monoisotopic (exact) mass is 492 g/mol. The molecule has 1 saturated carbocycles. The summed E-state index contributed by atoms with van der Waals surface area (Å²) in [6.07, 6.45) is 20.6. The van der Waals surface area contributed by atoms with Crippen molar-refractivity contribution in [3.8, 4) is 11.8 Å². The normalized spacial score (nSPS) is 17.5. The average molecular weight is 493 g/mol. The molecule has 0 heteroatoms. The van der Waals surface area contributed by atoms with Gasteiger partial charge in [0, 0.05) is 11.1 Å². The molecule has 0 spiro atoms. The van der Waals surface area contributed by atoms with Crippen molar-refractivity contribution in [3.05, 3.63) is 82.9 Å². The van der Waals surface area contributed by atoms with Gasteiger partial charge in [0.15, 0.2) is 0 Å². The fraction of sp³-hybridized carbons (Fsp3) is 0.514. The number of unbranched alkanes of at least 4 members (excludes halogenated alkanes) is 7. The third-order valence-corrected chi connectivity index (χ3v) is 8.52.